The molecule has 0 saturated carbocycles. The molecule has 0 atom stereocenters. The minimum Gasteiger partial charge on any atom is -0.314 e. The van der Waals surface area contributed by atoms with Gasteiger partial charge in [0, 0.05) is 20.2 Å². The van der Waals surface area contributed by atoms with Crippen molar-refractivity contribution in [1.82, 2.24) is 0 Å². The lowest BCUT2D eigenvalue weighted by Gasteiger charge is -2.04. The Hall–Kier alpha value is -0.780. The molecule has 0 saturated heterocycles. The fourth-order valence-electron chi connectivity index (χ4n) is 1.98. The zero-order valence-corrected chi connectivity index (χ0v) is 15.5. The van der Waals surface area contributed by atoms with Crippen LogP contribution in [-0.4, -0.2) is 6.61 Å². The molecule has 9 heteroatoms. The SMILES string of the molecule is CC=COOOOOOOOOCCCCCCCCCCC(C)C. The second-order valence-electron chi connectivity index (χ2n) is 5.87. The first-order valence-electron chi connectivity index (χ1n) is 8.83. The van der Waals surface area contributed by atoms with E-state index in [1.807, 2.05) is 0 Å². The summed E-state index contributed by atoms with van der Waals surface area (Å²) in [5.41, 5.74) is 0. The maximum absolute atomic E-state index is 4.69. The first-order chi connectivity index (χ1) is 12.3. The second kappa shape index (κ2) is 21.3. The van der Waals surface area contributed by atoms with Crippen molar-refractivity contribution in [2.75, 3.05) is 6.61 Å². The Morgan fingerprint density at radius 1 is 0.640 bits per heavy atom. The first-order valence-corrected chi connectivity index (χ1v) is 8.83. The van der Waals surface area contributed by atoms with Crippen molar-refractivity contribution in [3.8, 4) is 0 Å². The third-order valence-electron chi connectivity index (χ3n) is 3.20. The van der Waals surface area contributed by atoms with Crippen LogP contribution in [0.5, 0.6) is 0 Å². The van der Waals surface area contributed by atoms with Gasteiger partial charge in [-0.05, 0) is 40.5 Å². The Morgan fingerprint density at radius 2 is 1.16 bits per heavy atom. The van der Waals surface area contributed by atoms with Crippen LogP contribution in [0.2, 0.25) is 0 Å². The minimum absolute atomic E-state index is 0.384. The van der Waals surface area contributed by atoms with E-state index in [0.29, 0.717) is 6.61 Å². The summed E-state index contributed by atoms with van der Waals surface area (Å²) >= 11 is 0. The van der Waals surface area contributed by atoms with E-state index in [9.17, 15) is 0 Å². The monoisotopic (exact) mass is 368 g/mol. The number of hydrogen-bond donors (Lipinski definition) is 0. The molecule has 9 nitrogen and oxygen atoms in total. The summed E-state index contributed by atoms with van der Waals surface area (Å²) < 4.78 is 0. The molecule has 0 aromatic carbocycles. The third kappa shape index (κ3) is 23.2. The lowest BCUT2D eigenvalue weighted by Crippen LogP contribution is -2.02. The van der Waals surface area contributed by atoms with Crippen molar-refractivity contribution < 1.29 is 45.0 Å². The van der Waals surface area contributed by atoms with Gasteiger partial charge in [-0.3, -0.25) is 0 Å². The lowest BCUT2D eigenvalue weighted by atomic mass is 10.0. The van der Waals surface area contributed by atoms with Crippen LogP contribution < -0.4 is 0 Å². The maximum atomic E-state index is 4.69. The Morgan fingerprint density at radius 3 is 1.76 bits per heavy atom. The van der Waals surface area contributed by atoms with Gasteiger partial charge in [-0.15, -0.1) is 0 Å². The predicted molar refractivity (Wildman–Crippen MR) is 85.8 cm³/mol. The van der Waals surface area contributed by atoms with Crippen molar-refractivity contribution in [3.63, 3.8) is 0 Å². The average Bonchev–Trinajstić information content (AvgIpc) is 2.60. The Labute approximate surface area is 149 Å². The van der Waals surface area contributed by atoms with Gasteiger partial charge in [0.2, 0.25) is 0 Å². The molecule has 0 radical (unpaired) electrons. The van der Waals surface area contributed by atoms with Crippen LogP contribution in [0.25, 0.3) is 0 Å². The molecule has 0 aliphatic carbocycles. The van der Waals surface area contributed by atoms with Gasteiger partial charge >= 0.3 is 0 Å². The Bertz CT molecular complexity index is 274. The average molecular weight is 368 g/mol. The molecule has 0 amide bonds. The summed E-state index contributed by atoms with van der Waals surface area (Å²) in [5, 5.41) is 27.6. The number of allylic oxidation sites excluding steroid dienone is 1. The fourth-order valence-corrected chi connectivity index (χ4v) is 1.98. The van der Waals surface area contributed by atoms with E-state index >= 15 is 0 Å². The van der Waals surface area contributed by atoms with Crippen LogP contribution in [0.1, 0.15) is 78.6 Å². The van der Waals surface area contributed by atoms with Gasteiger partial charge in [0.15, 0.2) is 0 Å². The molecule has 150 valence electrons. The molecule has 0 bridgehead atoms. The molecule has 0 unspecified atom stereocenters. The molecular weight excluding hydrogens is 336 g/mol. The molecule has 0 aliphatic rings. The summed E-state index contributed by atoms with van der Waals surface area (Å²) in [7, 11) is 0. The third-order valence-corrected chi connectivity index (χ3v) is 3.20. The highest BCUT2D eigenvalue weighted by atomic mass is 17.9. The quantitative estimate of drug-likeness (QED) is 0.125. The standard InChI is InChI=1S/C16H32O9/c1-4-14-17-19-21-23-25-24-22-20-18-15-12-10-8-6-5-7-9-11-13-16(2)3/h4,14,16H,5-13,15H2,1-3H3. The molecule has 0 rings (SSSR count). The van der Waals surface area contributed by atoms with Crippen molar-refractivity contribution in [2.24, 2.45) is 5.92 Å². The maximum Gasteiger partial charge on any atom is 0.128 e. The summed E-state index contributed by atoms with van der Waals surface area (Å²) in [6, 6.07) is 0. The molecule has 0 N–H and O–H groups in total. The van der Waals surface area contributed by atoms with Crippen molar-refractivity contribution >= 4 is 0 Å². The van der Waals surface area contributed by atoms with Crippen LogP contribution in [0.15, 0.2) is 12.3 Å². The van der Waals surface area contributed by atoms with E-state index in [-0.39, 0.29) is 0 Å². The highest BCUT2D eigenvalue weighted by Crippen LogP contribution is 2.12. The molecule has 0 aromatic rings. The highest BCUT2D eigenvalue weighted by molar-refractivity contribution is 4.62. The molecule has 0 spiro atoms. The summed E-state index contributed by atoms with van der Waals surface area (Å²) in [5.74, 6) is 0.820. The molecule has 0 aliphatic heterocycles. The van der Waals surface area contributed by atoms with Gasteiger partial charge in [-0.1, -0.05) is 65.2 Å². The normalized spacial score (nSPS) is 11.7. The number of hydrogen-bond acceptors (Lipinski definition) is 9. The topological polar surface area (TPSA) is 83.1 Å². The van der Waals surface area contributed by atoms with Crippen molar-refractivity contribution in [2.45, 2.75) is 78.6 Å². The largest absolute Gasteiger partial charge is 0.314 e. The van der Waals surface area contributed by atoms with E-state index in [1.54, 1.807) is 13.0 Å². The zero-order chi connectivity index (χ0) is 18.4. The van der Waals surface area contributed by atoms with E-state index < -0.39 is 0 Å². The second-order valence-corrected chi connectivity index (χ2v) is 5.87. The van der Waals surface area contributed by atoms with Gasteiger partial charge < -0.3 is 4.89 Å². The first kappa shape index (κ1) is 24.2. The van der Waals surface area contributed by atoms with Gasteiger partial charge in [-0.25, -0.2) is 4.89 Å². The smallest absolute Gasteiger partial charge is 0.128 e. The van der Waals surface area contributed by atoms with E-state index in [2.05, 4.69) is 58.9 Å². The highest BCUT2D eigenvalue weighted by Gasteiger charge is 1.97. The van der Waals surface area contributed by atoms with Crippen molar-refractivity contribution in [3.05, 3.63) is 12.3 Å². The number of unbranched alkanes of at least 4 members (excludes halogenated alkanes) is 7. The molecule has 0 heterocycles. The molecule has 0 fully saturated rings. The van der Waals surface area contributed by atoms with Gasteiger partial charge in [0.05, 0.1) is 6.61 Å². The van der Waals surface area contributed by atoms with Gasteiger partial charge in [0.1, 0.15) is 6.26 Å². The van der Waals surface area contributed by atoms with Crippen LogP contribution in [-0.2, 0) is 45.0 Å². The van der Waals surface area contributed by atoms with Gasteiger partial charge in [-0.2, -0.15) is 0 Å². The minimum atomic E-state index is 0.384. The van der Waals surface area contributed by atoms with E-state index in [4.69, 9.17) is 0 Å². The van der Waals surface area contributed by atoms with Crippen LogP contribution >= 0.6 is 0 Å². The van der Waals surface area contributed by atoms with E-state index in [1.165, 1.54) is 51.2 Å². The van der Waals surface area contributed by atoms with Crippen LogP contribution in [0.3, 0.4) is 0 Å². The molecule has 0 aromatic heterocycles. The van der Waals surface area contributed by atoms with Crippen LogP contribution in [0.4, 0.5) is 0 Å². The van der Waals surface area contributed by atoms with Crippen LogP contribution in [0, 0.1) is 5.92 Å². The Kier molecular flexibility index (Phi) is 20.6. The van der Waals surface area contributed by atoms with Gasteiger partial charge in [0.25, 0.3) is 0 Å². The zero-order valence-electron chi connectivity index (χ0n) is 15.5. The van der Waals surface area contributed by atoms with E-state index in [0.717, 1.165) is 18.8 Å². The predicted octanol–water partition coefficient (Wildman–Crippen LogP) is 5.16. The molecule has 25 heavy (non-hydrogen) atoms. The Balaban J connectivity index is 2.98. The lowest BCUT2D eigenvalue weighted by molar-refractivity contribution is -0.829. The molecular formula is C16H32O9. The summed E-state index contributed by atoms with van der Waals surface area (Å²) in [4.78, 5) is 8.94. The fraction of sp³-hybridized carbons (Fsp3) is 0.875. The summed E-state index contributed by atoms with van der Waals surface area (Å²) in [6.45, 7) is 6.65. The summed E-state index contributed by atoms with van der Waals surface area (Å²) in [6.07, 6.45) is 13.8. The number of rotatable bonds is 20. The van der Waals surface area contributed by atoms with Crippen molar-refractivity contribution in [1.29, 1.82) is 0 Å².